The highest BCUT2D eigenvalue weighted by atomic mass is 16.5. The van der Waals surface area contributed by atoms with Gasteiger partial charge in [0.1, 0.15) is 0 Å². The predicted octanol–water partition coefficient (Wildman–Crippen LogP) is 2.29. The summed E-state index contributed by atoms with van der Waals surface area (Å²) in [5.41, 5.74) is 2.88. The minimum absolute atomic E-state index is 0.333. The van der Waals surface area contributed by atoms with E-state index in [1.54, 1.807) is 0 Å². The zero-order valence-corrected chi connectivity index (χ0v) is 11.9. The highest BCUT2D eigenvalue weighted by Crippen LogP contribution is 2.18. The van der Waals surface area contributed by atoms with Gasteiger partial charge in [-0.25, -0.2) is 0 Å². The second-order valence-electron chi connectivity index (χ2n) is 4.81. The summed E-state index contributed by atoms with van der Waals surface area (Å²) >= 11 is 0. The van der Waals surface area contributed by atoms with E-state index in [9.17, 15) is 0 Å². The minimum Gasteiger partial charge on any atom is -0.339 e. The molecule has 19 heavy (non-hydrogen) atoms. The summed E-state index contributed by atoms with van der Waals surface area (Å²) < 4.78 is 5.29. The highest BCUT2D eigenvalue weighted by molar-refractivity contribution is 5.55. The number of nitrogens with one attached hydrogen (secondary N) is 1. The maximum atomic E-state index is 5.29. The van der Waals surface area contributed by atoms with Crippen LogP contribution in [0, 0.1) is 13.8 Å². The Bertz CT molecular complexity index is 530. The van der Waals surface area contributed by atoms with E-state index in [1.807, 2.05) is 26.0 Å². The first-order valence-corrected chi connectivity index (χ1v) is 6.60. The highest BCUT2D eigenvalue weighted by Gasteiger charge is 2.12. The lowest BCUT2D eigenvalue weighted by Crippen LogP contribution is -2.27. The zero-order valence-electron chi connectivity index (χ0n) is 11.9. The van der Waals surface area contributed by atoms with E-state index in [2.05, 4.69) is 34.3 Å². The van der Waals surface area contributed by atoms with E-state index < -0.39 is 0 Å². The van der Waals surface area contributed by atoms with Crippen LogP contribution in [0.1, 0.15) is 31.1 Å². The van der Waals surface area contributed by atoms with Gasteiger partial charge in [-0.05, 0) is 39.4 Å². The van der Waals surface area contributed by atoms with Crippen LogP contribution in [0.5, 0.6) is 0 Å². The van der Waals surface area contributed by atoms with Crippen LogP contribution in [-0.4, -0.2) is 27.7 Å². The molecule has 0 fully saturated rings. The Kier molecular flexibility index (Phi) is 4.27. The van der Waals surface area contributed by atoms with Crippen molar-refractivity contribution < 1.29 is 4.52 Å². The normalized spacial score (nSPS) is 12.6. The van der Waals surface area contributed by atoms with Gasteiger partial charge in [0.2, 0.25) is 11.7 Å². The Morgan fingerprint density at radius 2 is 1.89 bits per heavy atom. The number of aryl methyl sites for hydroxylation is 2. The molecule has 0 aromatic carbocycles. The summed E-state index contributed by atoms with van der Waals surface area (Å²) in [6.07, 6.45) is 0.740. The molecule has 5 nitrogen and oxygen atoms in total. The van der Waals surface area contributed by atoms with Crippen molar-refractivity contribution in [2.75, 3.05) is 6.54 Å². The van der Waals surface area contributed by atoms with Crippen molar-refractivity contribution in [2.24, 2.45) is 0 Å². The molecule has 2 heterocycles. The molecule has 0 bridgehead atoms. The van der Waals surface area contributed by atoms with Crippen molar-refractivity contribution in [3.63, 3.8) is 0 Å². The molecule has 0 aliphatic carbocycles. The van der Waals surface area contributed by atoms with Gasteiger partial charge in [-0.1, -0.05) is 12.1 Å². The average Bonchev–Trinajstić information content (AvgIpc) is 2.76. The van der Waals surface area contributed by atoms with Crippen molar-refractivity contribution in [3.05, 3.63) is 29.4 Å². The van der Waals surface area contributed by atoms with Gasteiger partial charge in [0.15, 0.2) is 0 Å². The first-order valence-electron chi connectivity index (χ1n) is 6.60. The topological polar surface area (TPSA) is 63.8 Å². The Morgan fingerprint density at radius 1 is 1.21 bits per heavy atom. The number of hydrogen-bond donors (Lipinski definition) is 1. The molecule has 2 aromatic heterocycles. The van der Waals surface area contributed by atoms with E-state index in [1.165, 1.54) is 0 Å². The van der Waals surface area contributed by atoms with E-state index in [4.69, 9.17) is 4.52 Å². The summed E-state index contributed by atoms with van der Waals surface area (Å²) in [5.74, 6) is 1.29. The van der Waals surface area contributed by atoms with Crippen molar-refractivity contribution in [2.45, 2.75) is 40.2 Å². The van der Waals surface area contributed by atoms with Crippen molar-refractivity contribution >= 4 is 0 Å². The second-order valence-corrected chi connectivity index (χ2v) is 4.81. The zero-order chi connectivity index (χ0) is 13.8. The van der Waals surface area contributed by atoms with Crippen LogP contribution in [0.4, 0.5) is 0 Å². The fraction of sp³-hybridized carbons (Fsp3) is 0.500. The second kappa shape index (κ2) is 5.93. The molecule has 0 saturated carbocycles. The van der Waals surface area contributed by atoms with Gasteiger partial charge in [0, 0.05) is 29.4 Å². The molecule has 1 atom stereocenters. The maximum absolute atomic E-state index is 5.29. The largest absolute Gasteiger partial charge is 0.339 e. The summed E-state index contributed by atoms with van der Waals surface area (Å²) in [7, 11) is 0. The fourth-order valence-electron chi connectivity index (χ4n) is 2.10. The molecule has 0 aliphatic heterocycles. The summed E-state index contributed by atoms with van der Waals surface area (Å²) in [5, 5.41) is 7.36. The van der Waals surface area contributed by atoms with Gasteiger partial charge in [-0.15, -0.1) is 0 Å². The van der Waals surface area contributed by atoms with Crippen LogP contribution in [0.15, 0.2) is 16.7 Å². The van der Waals surface area contributed by atoms with Crippen LogP contribution in [0.25, 0.3) is 11.4 Å². The number of pyridine rings is 1. The van der Waals surface area contributed by atoms with E-state index >= 15 is 0 Å². The third kappa shape index (κ3) is 3.61. The smallest absolute Gasteiger partial charge is 0.228 e. The van der Waals surface area contributed by atoms with E-state index in [0.717, 1.165) is 29.9 Å². The third-order valence-electron chi connectivity index (χ3n) is 2.84. The molecule has 0 aliphatic rings. The van der Waals surface area contributed by atoms with Crippen LogP contribution >= 0.6 is 0 Å². The lowest BCUT2D eigenvalue weighted by atomic mass is 10.2. The van der Waals surface area contributed by atoms with Gasteiger partial charge in [0.05, 0.1) is 0 Å². The Hall–Kier alpha value is -1.75. The minimum atomic E-state index is 0.333. The molecule has 2 aromatic rings. The number of rotatable bonds is 5. The molecule has 1 unspecified atom stereocenters. The third-order valence-corrected chi connectivity index (χ3v) is 2.84. The lowest BCUT2D eigenvalue weighted by molar-refractivity contribution is 0.363. The fourth-order valence-corrected chi connectivity index (χ4v) is 2.10. The molecule has 0 amide bonds. The number of hydrogen-bond acceptors (Lipinski definition) is 5. The van der Waals surface area contributed by atoms with Gasteiger partial charge in [0.25, 0.3) is 0 Å². The molecule has 2 rings (SSSR count). The molecular formula is C14H20N4O. The first-order chi connectivity index (χ1) is 9.08. The summed E-state index contributed by atoms with van der Waals surface area (Å²) in [6, 6.07) is 4.27. The lowest BCUT2D eigenvalue weighted by Gasteiger charge is -2.07. The van der Waals surface area contributed by atoms with Crippen molar-refractivity contribution in [1.29, 1.82) is 0 Å². The molecule has 0 saturated heterocycles. The summed E-state index contributed by atoms with van der Waals surface area (Å²) in [4.78, 5) is 8.78. The molecule has 102 valence electrons. The van der Waals surface area contributed by atoms with E-state index in [-0.39, 0.29) is 0 Å². The predicted molar refractivity (Wildman–Crippen MR) is 73.8 cm³/mol. The van der Waals surface area contributed by atoms with Crippen LogP contribution in [0.2, 0.25) is 0 Å². The van der Waals surface area contributed by atoms with Gasteiger partial charge < -0.3 is 9.84 Å². The van der Waals surface area contributed by atoms with Crippen molar-refractivity contribution in [1.82, 2.24) is 20.4 Å². The molecule has 0 spiro atoms. The van der Waals surface area contributed by atoms with Crippen LogP contribution < -0.4 is 5.32 Å². The van der Waals surface area contributed by atoms with Crippen LogP contribution in [0.3, 0.4) is 0 Å². The Morgan fingerprint density at radius 3 is 2.53 bits per heavy atom. The average molecular weight is 260 g/mol. The number of nitrogens with zero attached hydrogens (tertiary/aromatic N) is 3. The number of likely N-dealkylation sites (N-methyl/N-ethyl adjacent to an activating group) is 1. The Balaban J connectivity index is 2.16. The molecule has 1 N–H and O–H groups in total. The molecular weight excluding hydrogens is 240 g/mol. The Labute approximate surface area is 113 Å². The molecule has 0 radical (unpaired) electrons. The van der Waals surface area contributed by atoms with Gasteiger partial charge in [-0.3, -0.25) is 4.98 Å². The standard InChI is InChI=1S/C14H20N4O/c1-5-15-9(2)8-13-17-14(18-19-13)12-6-10(3)16-11(4)7-12/h6-7,9,15H,5,8H2,1-4H3. The van der Waals surface area contributed by atoms with Gasteiger partial charge in [-0.2, -0.15) is 4.98 Å². The maximum Gasteiger partial charge on any atom is 0.228 e. The first kappa shape index (κ1) is 13.7. The van der Waals surface area contributed by atoms with Gasteiger partial charge >= 0.3 is 0 Å². The SMILES string of the molecule is CCNC(C)Cc1nc(-c2cc(C)nc(C)c2)no1. The van der Waals surface area contributed by atoms with E-state index in [0.29, 0.717) is 17.8 Å². The van der Waals surface area contributed by atoms with Crippen molar-refractivity contribution in [3.8, 4) is 11.4 Å². The molecule has 5 heteroatoms. The quantitative estimate of drug-likeness (QED) is 0.893. The monoisotopic (exact) mass is 260 g/mol. The number of aromatic nitrogens is 3. The van der Waals surface area contributed by atoms with Crippen LogP contribution in [-0.2, 0) is 6.42 Å². The summed E-state index contributed by atoms with van der Waals surface area (Å²) in [6.45, 7) is 9.05.